The molecule has 0 aliphatic carbocycles. The van der Waals surface area contributed by atoms with Crippen LogP contribution in [0.5, 0.6) is 0 Å². The maximum Gasteiger partial charge on any atom is 0.0457 e. The first kappa shape index (κ1) is 22.7. The number of nitrogens with one attached hydrogen (secondary N) is 3. The minimum absolute atomic E-state index is 0.798. The van der Waals surface area contributed by atoms with Crippen molar-refractivity contribution in [2.24, 2.45) is 5.92 Å². The van der Waals surface area contributed by atoms with Gasteiger partial charge in [-0.3, -0.25) is 4.72 Å². The Balaban J connectivity index is 1.11. The summed E-state index contributed by atoms with van der Waals surface area (Å²) in [6, 6.07) is 15.1. The van der Waals surface area contributed by atoms with Gasteiger partial charge in [-0.25, -0.2) is 0 Å². The monoisotopic (exact) mass is 455 g/mol. The van der Waals surface area contributed by atoms with Crippen LogP contribution in [0, 0.1) is 5.92 Å². The van der Waals surface area contributed by atoms with E-state index in [2.05, 4.69) is 51.6 Å². The summed E-state index contributed by atoms with van der Waals surface area (Å²) in [7, 11) is 0. The fourth-order valence-corrected chi connectivity index (χ4v) is 5.36. The Morgan fingerprint density at radius 2 is 1.81 bits per heavy atom. The van der Waals surface area contributed by atoms with Gasteiger partial charge in [-0.05, 0) is 111 Å². The predicted octanol–water partition coefficient (Wildman–Crippen LogP) is 6.76. The van der Waals surface area contributed by atoms with Crippen LogP contribution in [0.2, 0.25) is 5.02 Å². The zero-order valence-corrected chi connectivity index (χ0v) is 19.8. The van der Waals surface area contributed by atoms with Gasteiger partial charge < -0.3 is 10.3 Å². The molecule has 0 saturated carbocycles. The molecule has 2 aromatic carbocycles. The van der Waals surface area contributed by atoms with E-state index in [-0.39, 0.29) is 0 Å². The predicted molar refractivity (Wildman–Crippen MR) is 135 cm³/mol. The highest BCUT2D eigenvalue weighted by atomic mass is 35.5. The summed E-state index contributed by atoms with van der Waals surface area (Å²) in [5.74, 6) is 0.958. The van der Waals surface area contributed by atoms with E-state index in [1.165, 1.54) is 73.0 Å². The molecule has 0 bridgehead atoms. The van der Waals surface area contributed by atoms with Crippen LogP contribution in [0.4, 0.5) is 0 Å². The van der Waals surface area contributed by atoms with Gasteiger partial charge in [-0.2, -0.15) is 0 Å². The SMILES string of the molecule is Clc1ccc2[nH]cc(CCCNSc3ccc(CCCCC4CCNCC4)cc3)c2c1. The van der Waals surface area contributed by atoms with Crippen LogP contribution in [-0.4, -0.2) is 24.6 Å². The summed E-state index contributed by atoms with van der Waals surface area (Å²) in [6.07, 6.45) is 12.3. The molecule has 1 fully saturated rings. The lowest BCUT2D eigenvalue weighted by molar-refractivity contribution is 0.344. The average Bonchev–Trinajstić information content (AvgIpc) is 3.20. The zero-order chi connectivity index (χ0) is 21.3. The molecule has 3 aromatic rings. The van der Waals surface area contributed by atoms with Gasteiger partial charge in [0.1, 0.15) is 0 Å². The smallest absolute Gasteiger partial charge is 0.0457 e. The number of piperidine rings is 1. The number of hydrogen-bond acceptors (Lipinski definition) is 3. The zero-order valence-electron chi connectivity index (χ0n) is 18.3. The molecule has 1 aliphatic rings. The molecule has 5 heteroatoms. The van der Waals surface area contributed by atoms with Crippen molar-refractivity contribution in [3.05, 3.63) is 64.8 Å². The van der Waals surface area contributed by atoms with Crippen molar-refractivity contribution < 1.29 is 0 Å². The Kier molecular flexibility index (Phi) is 8.77. The fourth-order valence-electron chi connectivity index (χ4n) is 4.50. The number of H-pyrrole nitrogens is 1. The summed E-state index contributed by atoms with van der Waals surface area (Å²) >= 11 is 7.88. The van der Waals surface area contributed by atoms with Crippen molar-refractivity contribution in [2.75, 3.05) is 19.6 Å². The van der Waals surface area contributed by atoms with Crippen LogP contribution in [0.1, 0.15) is 49.7 Å². The van der Waals surface area contributed by atoms with Crippen LogP contribution in [0.3, 0.4) is 0 Å². The second-order valence-electron chi connectivity index (χ2n) is 8.69. The van der Waals surface area contributed by atoms with E-state index < -0.39 is 0 Å². The van der Waals surface area contributed by atoms with Crippen molar-refractivity contribution in [3.8, 4) is 0 Å². The van der Waals surface area contributed by atoms with Crippen LogP contribution < -0.4 is 10.0 Å². The van der Waals surface area contributed by atoms with E-state index in [0.29, 0.717) is 0 Å². The molecule has 1 aromatic heterocycles. The third-order valence-electron chi connectivity index (χ3n) is 6.35. The molecule has 1 saturated heterocycles. The number of aryl methyl sites for hydroxylation is 2. The normalized spacial score (nSPS) is 15.0. The fraction of sp³-hybridized carbons (Fsp3) is 0.462. The van der Waals surface area contributed by atoms with Crippen molar-refractivity contribution in [3.63, 3.8) is 0 Å². The number of aromatic amines is 1. The average molecular weight is 456 g/mol. The van der Waals surface area contributed by atoms with Gasteiger partial charge in [-0.1, -0.05) is 36.6 Å². The number of fused-ring (bicyclic) bond motifs is 1. The van der Waals surface area contributed by atoms with E-state index in [4.69, 9.17) is 11.6 Å². The van der Waals surface area contributed by atoms with Crippen LogP contribution in [0.25, 0.3) is 10.9 Å². The van der Waals surface area contributed by atoms with E-state index >= 15 is 0 Å². The summed E-state index contributed by atoms with van der Waals surface area (Å²) in [5, 5.41) is 5.50. The van der Waals surface area contributed by atoms with Gasteiger partial charge >= 0.3 is 0 Å². The van der Waals surface area contributed by atoms with Crippen LogP contribution >= 0.6 is 23.5 Å². The van der Waals surface area contributed by atoms with Crippen molar-refractivity contribution in [1.82, 2.24) is 15.0 Å². The highest BCUT2D eigenvalue weighted by molar-refractivity contribution is 7.97. The molecule has 31 heavy (non-hydrogen) atoms. The quantitative estimate of drug-likeness (QED) is 0.221. The lowest BCUT2D eigenvalue weighted by Gasteiger charge is -2.22. The highest BCUT2D eigenvalue weighted by Crippen LogP contribution is 2.24. The Labute approximate surface area is 195 Å². The molecule has 3 N–H and O–H groups in total. The van der Waals surface area contributed by atoms with Crippen molar-refractivity contribution >= 4 is 34.5 Å². The molecular formula is C26H34ClN3S. The Bertz CT molecular complexity index is 931. The Hall–Kier alpha value is -1.46. The third-order valence-corrected chi connectivity index (χ3v) is 7.45. The van der Waals surface area contributed by atoms with Gasteiger partial charge in [0.05, 0.1) is 0 Å². The Morgan fingerprint density at radius 1 is 0.968 bits per heavy atom. The van der Waals surface area contributed by atoms with Gasteiger partial charge in [0.25, 0.3) is 0 Å². The third kappa shape index (κ3) is 7.01. The number of halogens is 1. The summed E-state index contributed by atoms with van der Waals surface area (Å²) in [4.78, 5) is 4.62. The molecule has 0 spiro atoms. The van der Waals surface area contributed by atoms with E-state index in [0.717, 1.165) is 35.8 Å². The molecule has 0 amide bonds. The number of aromatic nitrogens is 1. The molecule has 3 nitrogen and oxygen atoms in total. The minimum Gasteiger partial charge on any atom is -0.361 e. The molecule has 4 rings (SSSR count). The molecular weight excluding hydrogens is 422 g/mol. The molecule has 1 aliphatic heterocycles. The van der Waals surface area contributed by atoms with Gasteiger partial charge in [0.15, 0.2) is 0 Å². The maximum atomic E-state index is 6.15. The van der Waals surface area contributed by atoms with Gasteiger partial charge in [-0.15, -0.1) is 0 Å². The molecule has 0 atom stereocenters. The second-order valence-corrected chi connectivity index (χ2v) is 10.1. The lowest BCUT2D eigenvalue weighted by atomic mass is 9.92. The topological polar surface area (TPSA) is 39.9 Å². The minimum atomic E-state index is 0.798. The van der Waals surface area contributed by atoms with Gasteiger partial charge in [0.2, 0.25) is 0 Å². The first-order valence-electron chi connectivity index (χ1n) is 11.7. The van der Waals surface area contributed by atoms with E-state index in [1.807, 2.05) is 12.1 Å². The first-order chi connectivity index (χ1) is 15.3. The number of unbranched alkanes of at least 4 members (excludes halogenated alkanes) is 1. The number of hydrogen-bond donors (Lipinski definition) is 3. The van der Waals surface area contributed by atoms with Crippen molar-refractivity contribution in [1.29, 1.82) is 0 Å². The number of rotatable bonds is 11. The standard InChI is InChI=1S/C26H34ClN3S/c27-23-9-12-26-25(18-23)22(19-29-26)6-3-15-30-31-24-10-7-20(8-11-24)4-1-2-5-21-13-16-28-17-14-21/h7-12,18-19,21,28-30H,1-6,13-17H2. The van der Waals surface area contributed by atoms with Crippen LogP contribution in [-0.2, 0) is 12.8 Å². The van der Waals surface area contributed by atoms with Gasteiger partial charge in [0, 0.05) is 33.6 Å². The largest absolute Gasteiger partial charge is 0.361 e. The van der Waals surface area contributed by atoms with E-state index in [1.54, 1.807) is 11.9 Å². The van der Waals surface area contributed by atoms with Crippen LogP contribution in [0.15, 0.2) is 53.6 Å². The lowest BCUT2D eigenvalue weighted by Crippen LogP contribution is -2.27. The Morgan fingerprint density at radius 3 is 2.65 bits per heavy atom. The molecule has 0 unspecified atom stereocenters. The molecule has 0 radical (unpaired) electrons. The molecule has 2 heterocycles. The molecule has 166 valence electrons. The number of benzene rings is 2. The maximum absolute atomic E-state index is 6.15. The highest BCUT2D eigenvalue weighted by Gasteiger charge is 2.12. The summed E-state index contributed by atoms with van der Waals surface area (Å²) in [5.41, 5.74) is 3.97. The summed E-state index contributed by atoms with van der Waals surface area (Å²) < 4.78 is 3.51. The van der Waals surface area contributed by atoms with E-state index in [9.17, 15) is 0 Å². The summed E-state index contributed by atoms with van der Waals surface area (Å²) in [6.45, 7) is 3.42. The van der Waals surface area contributed by atoms with Crippen molar-refractivity contribution in [2.45, 2.75) is 56.3 Å². The second kappa shape index (κ2) is 12.0. The first-order valence-corrected chi connectivity index (χ1v) is 12.9.